The second kappa shape index (κ2) is 11.1. The molecule has 2 fully saturated rings. The average molecular weight is 488 g/mol. The van der Waals surface area contributed by atoms with Gasteiger partial charge in [0.25, 0.3) is 0 Å². The largest absolute Gasteiger partial charge is 0.495 e. The second-order valence-corrected chi connectivity index (χ2v) is 7.48. The summed E-state index contributed by atoms with van der Waals surface area (Å²) in [4.78, 5) is 7.26. The highest BCUT2D eigenvalue weighted by Gasteiger charge is 2.34. The van der Waals surface area contributed by atoms with E-state index in [9.17, 15) is 0 Å². The van der Waals surface area contributed by atoms with E-state index < -0.39 is 0 Å². The molecule has 1 aromatic rings. The molecule has 1 saturated carbocycles. The molecular formula is C20H33IN4O2. The van der Waals surface area contributed by atoms with Crippen LogP contribution in [0, 0.1) is 5.41 Å². The molecule has 7 heteroatoms. The van der Waals surface area contributed by atoms with Crippen molar-refractivity contribution >= 4 is 35.6 Å². The van der Waals surface area contributed by atoms with Crippen molar-refractivity contribution in [3.05, 3.63) is 24.3 Å². The van der Waals surface area contributed by atoms with Gasteiger partial charge in [0.2, 0.25) is 0 Å². The summed E-state index contributed by atoms with van der Waals surface area (Å²) >= 11 is 0. The van der Waals surface area contributed by atoms with Gasteiger partial charge in [-0.2, -0.15) is 0 Å². The molecule has 152 valence electrons. The maximum absolute atomic E-state index is 6.19. The number of anilines is 1. The third-order valence-corrected chi connectivity index (χ3v) is 5.53. The van der Waals surface area contributed by atoms with Crippen molar-refractivity contribution < 1.29 is 9.47 Å². The van der Waals surface area contributed by atoms with E-state index in [4.69, 9.17) is 20.2 Å². The van der Waals surface area contributed by atoms with Gasteiger partial charge in [0.05, 0.1) is 26.0 Å². The lowest BCUT2D eigenvalue weighted by molar-refractivity contribution is 0.00940. The standard InChI is InChI=1S/C20H32N4O2.HI/c1-25-18-8-4-3-7-17(18)23-19(21)22-15-20(9-5-2-6-10-20)16-24-11-13-26-14-12-24;/h3-4,7-8H,2,5-6,9-16H2,1H3,(H3,21,22,23);1H. The summed E-state index contributed by atoms with van der Waals surface area (Å²) in [7, 11) is 1.66. The Morgan fingerprint density at radius 2 is 1.93 bits per heavy atom. The number of nitrogens with two attached hydrogens (primary N) is 1. The maximum Gasteiger partial charge on any atom is 0.193 e. The third-order valence-electron chi connectivity index (χ3n) is 5.53. The van der Waals surface area contributed by atoms with Gasteiger partial charge >= 0.3 is 0 Å². The van der Waals surface area contributed by atoms with Gasteiger partial charge in [-0.3, -0.25) is 9.89 Å². The zero-order valence-electron chi connectivity index (χ0n) is 16.3. The summed E-state index contributed by atoms with van der Waals surface area (Å²) < 4.78 is 10.9. The number of aliphatic imine (C=N–C) groups is 1. The zero-order chi connectivity index (χ0) is 18.2. The summed E-state index contributed by atoms with van der Waals surface area (Å²) in [6.45, 7) is 5.62. The van der Waals surface area contributed by atoms with Crippen LogP contribution >= 0.6 is 24.0 Å². The lowest BCUT2D eigenvalue weighted by Crippen LogP contribution is -2.46. The monoisotopic (exact) mass is 488 g/mol. The van der Waals surface area contributed by atoms with Gasteiger partial charge in [0, 0.05) is 31.6 Å². The van der Waals surface area contributed by atoms with Gasteiger partial charge in [-0.25, -0.2) is 0 Å². The third kappa shape index (κ3) is 6.50. The average Bonchev–Trinajstić information content (AvgIpc) is 2.68. The SMILES string of the molecule is COc1ccccc1NC(N)=NCC1(CN2CCOCC2)CCCCC1.I. The number of para-hydroxylation sites is 2. The van der Waals surface area contributed by atoms with Crippen LogP contribution in [0.3, 0.4) is 0 Å². The summed E-state index contributed by atoms with van der Waals surface area (Å²) in [5, 5.41) is 3.19. The van der Waals surface area contributed by atoms with Crippen LogP contribution in [0.25, 0.3) is 0 Å². The van der Waals surface area contributed by atoms with Crippen LogP contribution in [0.15, 0.2) is 29.3 Å². The van der Waals surface area contributed by atoms with Gasteiger partial charge < -0.3 is 20.5 Å². The summed E-state index contributed by atoms with van der Waals surface area (Å²) in [5.74, 6) is 1.23. The van der Waals surface area contributed by atoms with Crippen LogP contribution in [0.2, 0.25) is 0 Å². The smallest absolute Gasteiger partial charge is 0.193 e. The lowest BCUT2D eigenvalue weighted by Gasteiger charge is -2.41. The number of benzene rings is 1. The van der Waals surface area contributed by atoms with E-state index in [2.05, 4.69) is 10.2 Å². The Balaban J connectivity index is 0.00000261. The highest BCUT2D eigenvalue weighted by atomic mass is 127. The first-order chi connectivity index (χ1) is 12.7. The number of guanidine groups is 1. The second-order valence-electron chi connectivity index (χ2n) is 7.48. The van der Waals surface area contributed by atoms with Crippen molar-refractivity contribution in [2.45, 2.75) is 32.1 Å². The number of rotatable bonds is 6. The molecule has 0 amide bonds. The van der Waals surface area contributed by atoms with Crippen molar-refractivity contribution in [2.24, 2.45) is 16.1 Å². The number of methoxy groups -OCH3 is 1. The van der Waals surface area contributed by atoms with Gasteiger partial charge in [-0.05, 0) is 25.0 Å². The van der Waals surface area contributed by atoms with Gasteiger partial charge in [0.15, 0.2) is 5.96 Å². The first-order valence-corrected chi connectivity index (χ1v) is 9.71. The highest BCUT2D eigenvalue weighted by molar-refractivity contribution is 14.0. The van der Waals surface area contributed by atoms with Crippen LogP contribution < -0.4 is 15.8 Å². The molecule has 6 nitrogen and oxygen atoms in total. The summed E-state index contributed by atoms with van der Waals surface area (Å²) in [5.41, 5.74) is 7.28. The normalized spacial score (nSPS) is 20.6. The number of nitrogens with zero attached hydrogens (tertiary/aromatic N) is 2. The molecule has 1 aliphatic carbocycles. The minimum absolute atomic E-state index is 0. The first-order valence-electron chi connectivity index (χ1n) is 9.71. The van der Waals surface area contributed by atoms with E-state index in [0.29, 0.717) is 5.96 Å². The number of hydrogen-bond donors (Lipinski definition) is 2. The van der Waals surface area contributed by atoms with Gasteiger partial charge in [-0.15, -0.1) is 24.0 Å². The molecule has 1 aromatic carbocycles. The fourth-order valence-electron chi connectivity index (χ4n) is 4.08. The van der Waals surface area contributed by atoms with Crippen molar-refractivity contribution in [1.29, 1.82) is 0 Å². The van der Waals surface area contributed by atoms with E-state index in [1.54, 1.807) is 7.11 Å². The quantitative estimate of drug-likeness (QED) is 0.365. The molecule has 0 radical (unpaired) electrons. The highest BCUT2D eigenvalue weighted by Crippen LogP contribution is 2.37. The number of ether oxygens (including phenoxy) is 2. The minimum Gasteiger partial charge on any atom is -0.495 e. The molecule has 0 unspecified atom stereocenters. The Morgan fingerprint density at radius 3 is 2.63 bits per heavy atom. The van der Waals surface area contributed by atoms with Gasteiger partial charge in [-0.1, -0.05) is 31.4 Å². The molecule has 0 spiro atoms. The maximum atomic E-state index is 6.19. The van der Waals surface area contributed by atoms with Crippen molar-refractivity contribution in [2.75, 3.05) is 51.8 Å². The van der Waals surface area contributed by atoms with E-state index in [-0.39, 0.29) is 29.4 Å². The zero-order valence-corrected chi connectivity index (χ0v) is 18.6. The Morgan fingerprint density at radius 1 is 1.22 bits per heavy atom. The van der Waals surface area contributed by atoms with Crippen LogP contribution in [-0.4, -0.2) is 57.4 Å². The molecule has 3 rings (SSSR count). The van der Waals surface area contributed by atoms with Crippen molar-refractivity contribution in [1.82, 2.24) is 4.90 Å². The minimum atomic E-state index is 0. The fourth-order valence-corrected chi connectivity index (χ4v) is 4.08. The topological polar surface area (TPSA) is 72.1 Å². The van der Waals surface area contributed by atoms with Crippen LogP contribution in [0.4, 0.5) is 5.69 Å². The molecule has 2 aliphatic rings. The Labute approximate surface area is 179 Å². The van der Waals surface area contributed by atoms with Crippen LogP contribution in [-0.2, 0) is 4.74 Å². The van der Waals surface area contributed by atoms with Gasteiger partial charge in [0.1, 0.15) is 5.75 Å². The predicted molar refractivity (Wildman–Crippen MR) is 121 cm³/mol. The van der Waals surface area contributed by atoms with E-state index >= 15 is 0 Å². The summed E-state index contributed by atoms with van der Waals surface area (Å²) in [6.07, 6.45) is 6.38. The van der Waals surface area contributed by atoms with Crippen molar-refractivity contribution in [3.8, 4) is 5.75 Å². The number of halogens is 1. The van der Waals surface area contributed by atoms with E-state index in [1.807, 2.05) is 24.3 Å². The predicted octanol–water partition coefficient (Wildman–Crippen LogP) is 3.32. The number of hydrogen-bond acceptors (Lipinski definition) is 4. The lowest BCUT2D eigenvalue weighted by atomic mass is 9.73. The molecule has 1 heterocycles. The molecule has 0 aromatic heterocycles. The number of morpholine rings is 1. The molecule has 0 atom stereocenters. The number of nitrogens with one attached hydrogen (secondary N) is 1. The van der Waals surface area contributed by atoms with Crippen molar-refractivity contribution in [3.63, 3.8) is 0 Å². The molecule has 1 saturated heterocycles. The van der Waals surface area contributed by atoms with Crippen LogP contribution in [0.1, 0.15) is 32.1 Å². The Hall–Kier alpha value is -1.06. The summed E-state index contributed by atoms with van der Waals surface area (Å²) in [6, 6.07) is 7.76. The Kier molecular flexibility index (Phi) is 9.11. The van der Waals surface area contributed by atoms with E-state index in [0.717, 1.165) is 50.8 Å². The fraction of sp³-hybridized carbons (Fsp3) is 0.650. The molecule has 0 bridgehead atoms. The first kappa shape index (κ1) is 22.2. The van der Waals surface area contributed by atoms with Crippen LogP contribution in [0.5, 0.6) is 5.75 Å². The molecule has 27 heavy (non-hydrogen) atoms. The molecule has 3 N–H and O–H groups in total. The molecule has 1 aliphatic heterocycles. The molecular weight excluding hydrogens is 455 g/mol. The Bertz CT molecular complexity index is 599. The van der Waals surface area contributed by atoms with E-state index in [1.165, 1.54) is 32.1 Å².